The van der Waals surface area contributed by atoms with Gasteiger partial charge in [0.15, 0.2) is 5.06 Å². The summed E-state index contributed by atoms with van der Waals surface area (Å²) >= 11 is 7.16. The van der Waals surface area contributed by atoms with Crippen LogP contribution in [0.25, 0.3) is 10.1 Å². The number of methoxy groups -OCH3 is 1. The van der Waals surface area contributed by atoms with E-state index in [4.69, 9.17) is 16.3 Å². The van der Waals surface area contributed by atoms with Crippen molar-refractivity contribution in [2.45, 2.75) is 0 Å². The van der Waals surface area contributed by atoms with Crippen LogP contribution in [-0.4, -0.2) is 12.2 Å². The summed E-state index contributed by atoms with van der Waals surface area (Å²) in [6, 6.07) is 5.59. The molecule has 0 radical (unpaired) electrons. The van der Waals surface area contributed by atoms with E-state index in [-0.39, 0.29) is 5.06 Å². The van der Waals surface area contributed by atoms with E-state index in [1.807, 2.05) is 18.2 Å². The minimum Gasteiger partial charge on any atom is -0.498 e. The van der Waals surface area contributed by atoms with Gasteiger partial charge in [-0.15, -0.1) is 0 Å². The van der Waals surface area contributed by atoms with Gasteiger partial charge >= 0.3 is 0 Å². The average molecular weight is 215 g/mol. The Morgan fingerprint density at radius 2 is 2.23 bits per heavy atom. The first kappa shape index (κ1) is 8.66. The molecule has 0 aliphatic carbocycles. The summed E-state index contributed by atoms with van der Waals surface area (Å²) in [6.07, 6.45) is 0. The Hall–Kier alpha value is -0.930. The maximum absolute atomic E-state index is 9.39. The number of hydrogen-bond acceptors (Lipinski definition) is 3. The molecule has 0 aliphatic rings. The van der Waals surface area contributed by atoms with Gasteiger partial charge in [-0.3, -0.25) is 0 Å². The number of thiophene rings is 1. The summed E-state index contributed by atoms with van der Waals surface area (Å²) in [5.41, 5.74) is 0. The van der Waals surface area contributed by atoms with Gasteiger partial charge in [-0.2, -0.15) is 0 Å². The molecule has 0 saturated heterocycles. The highest BCUT2D eigenvalue weighted by Gasteiger charge is 2.12. The van der Waals surface area contributed by atoms with Gasteiger partial charge in [0.1, 0.15) is 10.8 Å². The van der Waals surface area contributed by atoms with E-state index in [0.29, 0.717) is 10.8 Å². The maximum Gasteiger partial charge on any atom is 0.191 e. The molecule has 1 aromatic heterocycles. The van der Waals surface area contributed by atoms with Crippen molar-refractivity contribution in [3.05, 3.63) is 23.2 Å². The Kier molecular flexibility index (Phi) is 2.06. The van der Waals surface area contributed by atoms with Crippen molar-refractivity contribution in [1.82, 2.24) is 0 Å². The fourth-order valence-electron chi connectivity index (χ4n) is 1.24. The third-order valence-corrected chi connectivity index (χ3v) is 3.26. The fraction of sp³-hybridized carbons (Fsp3) is 0.111. The smallest absolute Gasteiger partial charge is 0.191 e. The molecule has 0 amide bonds. The zero-order valence-corrected chi connectivity index (χ0v) is 8.45. The summed E-state index contributed by atoms with van der Waals surface area (Å²) in [7, 11) is 1.58. The van der Waals surface area contributed by atoms with Crippen LogP contribution >= 0.6 is 22.9 Å². The van der Waals surface area contributed by atoms with E-state index in [1.165, 1.54) is 11.3 Å². The van der Waals surface area contributed by atoms with Crippen molar-refractivity contribution in [2.24, 2.45) is 0 Å². The molecule has 4 heteroatoms. The molecular weight excluding hydrogens is 208 g/mol. The number of hydrogen-bond donors (Lipinski definition) is 1. The Morgan fingerprint density at radius 3 is 2.92 bits per heavy atom. The molecule has 1 heterocycles. The molecular formula is C9H7ClO2S. The van der Waals surface area contributed by atoms with Crippen LogP contribution in [-0.2, 0) is 0 Å². The lowest BCUT2D eigenvalue weighted by Crippen LogP contribution is -1.81. The first-order valence-electron chi connectivity index (χ1n) is 3.68. The molecule has 2 nitrogen and oxygen atoms in total. The quantitative estimate of drug-likeness (QED) is 0.790. The van der Waals surface area contributed by atoms with Crippen molar-refractivity contribution in [1.29, 1.82) is 0 Å². The molecule has 1 aromatic carbocycles. The minimum atomic E-state index is 0.140. The zero-order valence-electron chi connectivity index (χ0n) is 6.87. The van der Waals surface area contributed by atoms with E-state index in [0.717, 1.165) is 10.1 Å². The molecule has 0 atom stereocenters. The number of rotatable bonds is 1. The standard InChI is InChI=1S/C9H7ClO2S/c1-12-5-3-2-4-6-7(5)8(10)9(11)13-6/h2-4,11H,1H3. The van der Waals surface area contributed by atoms with E-state index in [1.54, 1.807) is 7.11 Å². The van der Waals surface area contributed by atoms with Crippen molar-refractivity contribution < 1.29 is 9.84 Å². The lowest BCUT2D eigenvalue weighted by atomic mass is 10.2. The third-order valence-electron chi connectivity index (χ3n) is 1.82. The van der Waals surface area contributed by atoms with Gasteiger partial charge in [0.25, 0.3) is 0 Å². The Bertz CT molecular complexity index is 450. The molecule has 13 heavy (non-hydrogen) atoms. The molecule has 0 unspecified atom stereocenters. The monoisotopic (exact) mass is 214 g/mol. The van der Waals surface area contributed by atoms with Crippen molar-refractivity contribution in [3.8, 4) is 10.8 Å². The second-order valence-corrected chi connectivity index (χ2v) is 3.96. The number of halogens is 1. The van der Waals surface area contributed by atoms with Crippen LogP contribution in [0.3, 0.4) is 0 Å². The molecule has 0 spiro atoms. The average Bonchev–Trinajstić information content (AvgIpc) is 2.43. The first-order chi connectivity index (χ1) is 6.24. The molecule has 2 aromatic rings. The van der Waals surface area contributed by atoms with E-state index >= 15 is 0 Å². The third kappa shape index (κ3) is 1.24. The number of benzene rings is 1. The van der Waals surface area contributed by atoms with Gasteiger partial charge in [-0.25, -0.2) is 0 Å². The number of aromatic hydroxyl groups is 1. The van der Waals surface area contributed by atoms with E-state index < -0.39 is 0 Å². The lowest BCUT2D eigenvalue weighted by molar-refractivity contribution is 0.419. The van der Waals surface area contributed by atoms with E-state index in [2.05, 4.69) is 0 Å². The summed E-state index contributed by atoms with van der Waals surface area (Å²) in [5.74, 6) is 0.694. The van der Waals surface area contributed by atoms with Gasteiger partial charge in [0, 0.05) is 4.70 Å². The highest BCUT2D eigenvalue weighted by atomic mass is 35.5. The van der Waals surface area contributed by atoms with E-state index in [9.17, 15) is 5.11 Å². The van der Waals surface area contributed by atoms with Crippen LogP contribution in [0.4, 0.5) is 0 Å². The van der Waals surface area contributed by atoms with Gasteiger partial charge in [0.05, 0.1) is 12.5 Å². The van der Waals surface area contributed by atoms with Crippen LogP contribution in [0.15, 0.2) is 18.2 Å². The molecule has 1 N–H and O–H groups in total. The van der Waals surface area contributed by atoms with Crippen molar-refractivity contribution in [2.75, 3.05) is 7.11 Å². The van der Waals surface area contributed by atoms with Crippen molar-refractivity contribution in [3.63, 3.8) is 0 Å². The summed E-state index contributed by atoms with van der Waals surface area (Å²) in [5, 5.41) is 10.7. The van der Waals surface area contributed by atoms with Gasteiger partial charge in [-0.05, 0) is 12.1 Å². The van der Waals surface area contributed by atoms with Crippen LogP contribution in [0.5, 0.6) is 10.8 Å². The zero-order chi connectivity index (χ0) is 9.42. The predicted molar refractivity (Wildman–Crippen MR) is 55.1 cm³/mol. The molecule has 0 bridgehead atoms. The highest BCUT2D eigenvalue weighted by Crippen LogP contribution is 2.44. The predicted octanol–water partition coefficient (Wildman–Crippen LogP) is 3.27. The lowest BCUT2D eigenvalue weighted by Gasteiger charge is -2.00. The largest absolute Gasteiger partial charge is 0.498 e. The summed E-state index contributed by atoms with van der Waals surface area (Å²) < 4.78 is 6.06. The highest BCUT2D eigenvalue weighted by molar-refractivity contribution is 7.21. The Labute approximate surface area is 84.3 Å². The summed E-state index contributed by atoms with van der Waals surface area (Å²) in [4.78, 5) is 0. The van der Waals surface area contributed by atoms with Gasteiger partial charge < -0.3 is 9.84 Å². The maximum atomic E-state index is 9.39. The Balaban J connectivity index is 2.87. The van der Waals surface area contributed by atoms with Gasteiger partial charge in [-0.1, -0.05) is 29.0 Å². The normalized spacial score (nSPS) is 10.6. The second kappa shape index (κ2) is 3.09. The second-order valence-electron chi connectivity index (χ2n) is 2.55. The molecule has 0 aliphatic heterocycles. The van der Waals surface area contributed by atoms with Crippen LogP contribution in [0, 0.1) is 0 Å². The number of fused-ring (bicyclic) bond motifs is 1. The fourth-order valence-corrected chi connectivity index (χ4v) is 2.46. The topological polar surface area (TPSA) is 29.5 Å². The first-order valence-corrected chi connectivity index (χ1v) is 4.87. The molecule has 0 saturated carbocycles. The Morgan fingerprint density at radius 1 is 1.46 bits per heavy atom. The van der Waals surface area contributed by atoms with Crippen molar-refractivity contribution >= 4 is 33.0 Å². The SMILES string of the molecule is COc1cccc2sc(O)c(Cl)c12. The van der Waals surface area contributed by atoms with Crippen LogP contribution < -0.4 is 4.74 Å². The van der Waals surface area contributed by atoms with Crippen LogP contribution in [0.1, 0.15) is 0 Å². The van der Waals surface area contributed by atoms with Crippen LogP contribution in [0.2, 0.25) is 5.02 Å². The number of ether oxygens (including phenoxy) is 1. The molecule has 0 fully saturated rings. The molecule has 68 valence electrons. The summed E-state index contributed by atoms with van der Waals surface area (Å²) in [6.45, 7) is 0. The van der Waals surface area contributed by atoms with Gasteiger partial charge in [0.2, 0.25) is 0 Å². The molecule has 2 rings (SSSR count). The minimum absolute atomic E-state index is 0.140.